The predicted octanol–water partition coefficient (Wildman–Crippen LogP) is 2.16. The number of nitrogen functional groups attached to an aromatic ring is 1. The van der Waals surface area contributed by atoms with E-state index in [1.807, 2.05) is 29.2 Å². The smallest absolute Gasteiger partial charge is 0.233 e. The van der Waals surface area contributed by atoms with Crippen molar-refractivity contribution in [3.63, 3.8) is 0 Å². The fourth-order valence-electron chi connectivity index (χ4n) is 2.85. The van der Waals surface area contributed by atoms with Crippen LogP contribution in [0.2, 0.25) is 0 Å². The summed E-state index contributed by atoms with van der Waals surface area (Å²) < 4.78 is 6.58. The largest absolute Gasteiger partial charge is 0.497 e. The third-order valence-electron chi connectivity index (χ3n) is 4.30. The number of carbonyl (C=O) groups excluding carboxylic acids is 1. The molecule has 1 aliphatic heterocycles. The third-order valence-corrected chi connectivity index (χ3v) is 5.22. The van der Waals surface area contributed by atoms with Crippen LogP contribution >= 0.6 is 11.8 Å². The Balaban J connectivity index is 1.63. The summed E-state index contributed by atoms with van der Waals surface area (Å²) in [6, 6.07) is 7.45. The van der Waals surface area contributed by atoms with Crippen LogP contribution in [-0.2, 0) is 4.79 Å². The minimum atomic E-state index is 0.140. The van der Waals surface area contributed by atoms with E-state index in [-0.39, 0.29) is 5.91 Å². The highest BCUT2D eigenvalue weighted by Gasteiger charge is 2.18. The molecule has 0 radical (unpaired) electrons. The van der Waals surface area contributed by atoms with Gasteiger partial charge in [-0.1, -0.05) is 24.6 Å². The van der Waals surface area contributed by atoms with Gasteiger partial charge in [0.15, 0.2) is 5.82 Å². The van der Waals surface area contributed by atoms with Crippen LogP contribution in [-0.4, -0.2) is 51.6 Å². The van der Waals surface area contributed by atoms with Crippen molar-refractivity contribution in [2.24, 2.45) is 0 Å². The van der Waals surface area contributed by atoms with Gasteiger partial charge in [-0.25, -0.2) is 4.68 Å². The zero-order valence-electron chi connectivity index (χ0n) is 14.4. The van der Waals surface area contributed by atoms with Gasteiger partial charge >= 0.3 is 0 Å². The highest BCUT2D eigenvalue weighted by Crippen LogP contribution is 2.24. The van der Waals surface area contributed by atoms with Gasteiger partial charge in [-0.15, -0.1) is 10.2 Å². The summed E-state index contributed by atoms with van der Waals surface area (Å²) in [6.45, 7) is 1.71. The van der Waals surface area contributed by atoms with Crippen molar-refractivity contribution in [2.45, 2.75) is 30.8 Å². The molecule has 1 saturated heterocycles. The van der Waals surface area contributed by atoms with E-state index in [4.69, 9.17) is 10.6 Å². The van der Waals surface area contributed by atoms with Gasteiger partial charge in [0.25, 0.3) is 0 Å². The molecule has 0 bridgehead atoms. The zero-order chi connectivity index (χ0) is 17.6. The molecular formula is C17H23N5O2S. The topological polar surface area (TPSA) is 86.3 Å². The molecule has 1 aliphatic rings. The van der Waals surface area contributed by atoms with Crippen molar-refractivity contribution in [2.75, 3.05) is 31.8 Å². The Kier molecular flexibility index (Phi) is 5.80. The Bertz CT molecular complexity index is 708. The van der Waals surface area contributed by atoms with Gasteiger partial charge in [0.2, 0.25) is 11.1 Å². The SMILES string of the molecule is COc1ccc(-c2nnc(SCC(=O)N3CCCCCC3)n2N)cc1. The average molecular weight is 361 g/mol. The summed E-state index contributed by atoms with van der Waals surface area (Å²) in [5.41, 5.74) is 0.849. The predicted molar refractivity (Wildman–Crippen MR) is 97.9 cm³/mol. The van der Waals surface area contributed by atoms with Gasteiger partial charge in [0.1, 0.15) is 5.75 Å². The highest BCUT2D eigenvalue weighted by molar-refractivity contribution is 7.99. The van der Waals surface area contributed by atoms with Crippen molar-refractivity contribution in [3.8, 4) is 17.1 Å². The van der Waals surface area contributed by atoms with E-state index in [2.05, 4.69) is 10.2 Å². The second-order valence-corrected chi connectivity index (χ2v) is 6.93. The number of aromatic nitrogens is 3. The van der Waals surface area contributed by atoms with Crippen LogP contribution in [0, 0.1) is 0 Å². The molecule has 0 saturated carbocycles. The number of amides is 1. The first-order chi connectivity index (χ1) is 12.2. The second kappa shape index (κ2) is 8.24. The standard InChI is InChI=1S/C17H23N5O2S/c1-24-14-8-6-13(7-9-14)16-19-20-17(22(16)18)25-12-15(23)21-10-4-2-3-5-11-21/h6-9H,2-5,10-12,18H2,1H3. The molecule has 0 aliphatic carbocycles. The lowest BCUT2D eigenvalue weighted by molar-refractivity contribution is -0.128. The number of rotatable bonds is 5. The lowest BCUT2D eigenvalue weighted by atomic mass is 10.2. The first-order valence-corrected chi connectivity index (χ1v) is 9.43. The number of nitrogens with two attached hydrogens (primary N) is 1. The Morgan fingerprint density at radius 1 is 1.16 bits per heavy atom. The van der Waals surface area contributed by atoms with Gasteiger partial charge in [-0.2, -0.15) is 0 Å². The van der Waals surface area contributed by atoms with Gasteiger partial charge in [-0.3, -0.25) is 4.79 Å². The van der Waals surface area contributed by atoms with Crippen LogP contribution in [0.15, 0.2) is 29.4 Å². The van der Waals surface area contributed by atoms with Crippen molar-refractivity contribution >= 4 is 17.7 Å². The van der Waals surface area contributed by atoms with Crippen LogP contribution in [0.4, 0.5) is 0 Å². The number of benzene rings is 1. The maximum Gasteiger partial charge on any atom is 0.233 e. The quantitative estimate of drug-likeness (QED) is 0.649. The molecule has 0 spiro atoms. The first kappa shape index (κ1) is 17.6. The van der Waals surface area contributed by atoms with Crippen molar-refractivity contribution < 1.29 is 9.53 Å². The van der Waals surface area contributed by atoms with E-state index in [1.54, 1.807) is 7.11 Å². The number of methoxy groups -OCH3 is 1. The molecule has 7 nitrogen and oxygen atoms in total. The van der Waals surface area contributed by atoms with Gasteiger partial charge in [-0.05, 0) is 37.1 Å². The second-order valence-electron chi connectivity index (χ2n) is 5.99. The fraction of sp³-hybridized carbons (Fsp3) is 0.471. The number of carbonyl (C=O) groups is 1. The number of thioether (sulfide) groups is 1. The minimum Gasteiger partial charge on any atom is -0.497 e. The summed E-state index contributed by atoms with van der Waals surface area (Å²) in [6.07, 6.45) is 4.59. The maximum atomic E-state index is 12.4. The number of nitrogens with zero attached hydrogens (tertiary/aromatic N) is 4. The van der Waals surface area contributed by atoms with E-state index in [0.29, 0.717) is 16.7 Å². The Morgan fingerprint density at radius 2 is 1.84 bits per heavy atom. The molecule has 1 fully saturated rings. The van der Waals surface area contributed by atoms with E-state index in [9.17, 15) is 4.79 Å². The molecule has 8 heteroatoms. The third kappa shape index (κ3) is 4.25. The van der Waals surface area contributed by atoms with Gasteiger partial charge in [0.05, 0.1) is 12.9 Å². The molecular weight excluding hydrogens is 338 g/mol. The molecule has 0 unspecified atom stereocenters. The minimum absolute atomic E-state index is 0.140. The zero-order valence-corrected chi connectivity index (χ0v) is 15.2. The summed E-state index contributed by atoms with van der Waals surface area (Å²) in [4.78, 5) is 14.3. The molecule has 0 atom stereocenters. The number of likely N-dealkylation sites (tertiary alicyclic amines) is 1. The highest BCUT2D eigenvalue weighted by atomic mass is 32.2. The van der Waals surface area contributed by atoms with Crippen LogP contribution in [0.25, 0.3) is 11.4 Å². The van der Waals surface area contributed by atoms with Crippen LogP contribution in [0.3, 0.4) is 0 Å². The van der Waals surface area contributed by atoms with Crippen LogP contribution < -0.4 is 10.6 Å². The molecule has 25 heavy (non-hydrogen) atoms. The molecule has 1 aromatic carbocycles. The van der Waals surface area contributed by atoms with Crippen molar-refractivity contribution in [1.29, 1.82) is 0 Å². The average Bonchev–Trinajstić information content (AvgIpc) is 2.85. The lowest BCUT2D eigenvalue weighted by Gasteiger charge is -2.19. The number of hydrogen-bond acceptors (Lipinski definition) is 6. The summed E-state index contributed by atoms with van der Waals surface area (Å²) >= 11 is 1.33. The van der Waals surface area contributed by atoms with E-state index < -0.39 is 0 Å². The summed E-state index contributed by atoms with van der Waals surface area (Å²) in [7, 11) is 1.62. The monoisotopic (exact) mass is 361 g/mol. The normalized spacial score (nSPS) is 15.0. The van der Waals surface area contributed by atoms with Crippen molar-refractivity contribution in [1.82, 2.24) is 19.8 Å². The molecule has 2 N–H and O–H groups in total. The van der Waals surface area contributed by atoms with Crippen LogP contribution in [0.1, 0.15) is 25.7 Å². The molecule has 1 amide bonds. The van der Waals surface area contributed by atoms with Gasteiger partial charge < -0.3 is 15.5 Å². The number of hydrogen-bond donors (Lipinski definition) is 1. The Hall–Kier alpha value is -2.22. The van der Waals surface area contributed by atoms with Gasteiger partial charge in [0, 0.05) is 18.7 Å². The molecule has 134 valence electrons. The fourth-order valence-corrected chi connectivity index (χ4v) is 3.61. The number of ether oxygens (including phenoxy) is 1. The van der Waals surface area contributed by atoms with Crippen molar-refractivity contribution in [3.05, 3.63) is 24.3 Å². The lowest BCUT2D eigenvalue weighted by Crippen LogP contribution is -2.33. The Morgan fingerprint density at radius 3 is 2.48 bits per heavy atom. The van der Waals surface area contributed by atoms with E-state index in [1.165, 1.54) is 29.3 Å². The summed E-state index contributed by atoms with van der Waals surface area (Å²) in [5.74, 6) is 7.91. The van der Waals surface area contributed by atoms with E-state index in [0.717, 1.165) is 37.2 Å². The first-order valence-electron chi connectivity index (χ1n) is 8.44. The molecule has 2 heterocycles. The molecule has 1 aromatic heterocycles. The van der Waals surface area contributed by atoms with E-state index >= 15 is 0 Å². The molecule has 3 rings (SSSR count). The molecule has 2 aromatic rings. The van der Waals surface area contributed by atoms with Crippen LogP contribution in [0.5, 0.6) is 5.75 Å². The summed E-state index contributed by atoms with van der Waals surface area (Å²) in [5, 5.41) is 8.80. The maximum absolute atomic E-state index is 12.4. The Labute approximate surface area is 151 Å².